The van der Waals surface area contributed by atoms with E-state index in [0.29, 0.717) is 0 Å². The number of nitrogens with zero attached hydrogens (tertiary/aromatic N) is 5. The molecule has 0 aliphatic carbocycles. The van der Waals surface area contributed by atoms with Gasteiger partial charge in [-0.1, -0.05) is 9.70 Å². The minimum Gasteiger partial charge on any atom is -0.307 e. The fraction of sp³-hybridized carbons (Fsp3) is 0.500. The molecule has 0 saturated heterocycles. The summed E-state index contributed by atoms with van der Waals surface area (Å²) in [6.07, 6.45) is 1.75. The molecule has 0 fully saturated rings. The lowest BCUT2D eigenvalue weighted by atomic mass is 10.1. The molecule has 0 bridgehead atoms. The Labute approximate surface area is 91.5 Å². The lowest BCUT2D eigenvalue weighted by Crippen LogP contribution is -2.20. The number of aryl methyl sites for hydroxylation is 2. The predicted molar refractivity (Wildman–Crippen MR) is 56.6 cm³/mol. The molecule has 80 valence electrons. The van der Waals surface area contributed by atoms with E-state index in [0.717, 1.165) is 16.3 Å². The maximum absolute atomic E-state index is 4.00. The van der Waals surface area contributed by atoms with E-state index < -0.39 is 0 Å². The minimum absolute atomic E-state index is 0.0602. The summed E-state index contributed by atoms with van der Waals surface area (Å²) in [7, 11) is 3.77. The van der Waals surface area contributed by atoms with Crippen molar-refractivity contribution in [1.82, 2.24) is 29.9 Å². The van der Waals surface area contributed by atoms with Gasteiger partial charge in [0.05, 0.1) is 28.5 Å². The van der Waals surface area contributed by atoms with Gasteiger partial charge in [0.15, 0.2) is 0 Å². The first kappa shape index (κ1) is 10.2. The van der Waals surface area contributed by atoms with Gasteiger partial charge in [0.25, 0.3) is 0 Å². The molecule has 0 radical (unpaired) electrons. The molecule has 2 aromatic heterocycles. The van der Waals surface area contributed by atoms with Crippen molar-refractivity contribution in [1.29, 1.82) is 0 Å². The van der Waals surface area contributed by atoms with Crippen LogP contribution in [0.15, 0.2) is 6.20 Å². The molecule has 0 spiro atoms. The first-order valence-electron chi connectivity index (χ1n) is 4.54. The van der Waals surface area contributed by atoms with Crippen molar-refractivity contribution in [3.05, 3.63) is 22.5 Å². The van der Waals surface area contributed by atoms with Crippen LogP contribution in [0, 0.1) is 6.92 Å². The summed E-state index contributed by atoms with van der Waals surface area (Å²) in [4.78, 5) is 1.10. The fourth-order valence-corrected chi connectivity index (χ4v) is 2.24. The normalized spacial score (nSPS) is 13.0. The van der Waals surface area contributed by atoms with Crippen LogP contribution in [0.5, 0.6) is 0 Å². The van der Waals surface area contributed by atoms with Gasteiger partial charge in [-0.2, -0.15) is 0 Å². The largest absolute Gasteiger partial charge is 0.307 e. The molecule has 0 saturated carbocycles. The van der Waals surface area contributed by atoms with E-state index in [4.69, 9.17) is 0 Å². The summed E-state index contributed by atoms with van der Waals surface area (Å²) in [5.74, 6) is 0. The van der Waals surface area contributed by atoms with Crippen LogP contribution in [-0.2, 0) is 7.05 Å². The average Bonchev–Trinajstić information content (AvgIpc) is 2.80. The van der Waals surface area contributed by atoms with Crippen molar-refractivity contribution in [3.63, 3.8) is 0 Å². The van der Waals surface area contributed by atoms with Crippen molar-refractivity contribution in [2.24, 2.45) is 7.05 Å². The summed E-state index contributed by atoms with van der Waals surface area (Å²) < 4.78 is 5.68. The number of aromatic nitrogens is 5. The first-order chi connectivity index (χ1) is 7.24. The number of hydrogen-bond acceptors (Lipinski definition) is 6. The molecule has 0 amide bonds. The topological polar surface area (TPSA) is 68.5 Å². The van der Waals surface area contributed by atoms with Crippen LogP contribution in [0.25, 0.3) is 0 Å². The second kappa shape index (κ2) is 4.03. The monoisotopic (exact) mass is 224 g/mol. The van der Waals surface area contributed by atoms with Gasteiger partial charge in [0, 0.05) is 7.05 Å². The molecule has 0 aliphatic heterocycles. The summed E-state index contributed by atoms with van der Waals surface area (Å²) >= 11 is 1.40. The van der Waals surface area contributed by atoms with E-state index in [2.05, 4.69) is 25.2 Å². The number of hydrogen-bond donors (Lipinski definition) is 1. The molecular weight excluding hydrogens is 212 g/mol. The van der Waals surface area contributed by atoms with E-state index in [9.17, 15) is 0 Å². The van der Waals surface area contributed by atoms with Crippen molar-refractivity contribution in [3.8, 4) is 0 Å². The van der Waals surface area contributed by atoms with Gasteiger partial charge in [-0.25, -0.2) is 0 Å². The highest BCUT2D eigenvalue weighted by atomic mass is 32.1. The quantitative estimate of drug-likeness (QED) is 0.811. The Balaban J connectivity index is 2.41. The first-order valence-corrected chi connectivity index (χ1v) is 5.32. The lowest BCUT2D eigenvalue weighted by molar-refractivity contribution is 0.601. The van der Waals surface area contributed by atoms with Gasteiger partial charge < -0.3 is 5.32 Å². The molecule has 2 rings (SSSR count). The standard InChI is InChI=1S/C8H12N6S/c1-5-8(15-13-11-5)7(9-2)6-4-10-12-14(6)3/h4,7,9H,1-3H3. The third-order valence-corrected chi connectivity index (χ3v) is 3.17. The van der Waals surface area contributed by atoms with Gasteiger partial charge in [-0.15, -0.1) is 10.2 Å². The summed E-state index contributed by atoms with van der Waals surface area (Å²) in [6.45, 7) is 1.95. The summed E-state index contributed by atoms with van der Waals surface area (Å²) in [5, 5.41) is 15.0. The van der Waals surface area contributed by atoms with Gasteiger partial charge in [0.1, 0.15) is 0 Å². The highest BCUT2D eigenvalue weighted by molar-refractivity contribution is 7.05. The Hall–Kier alpha value is -1.34. The van der Waals surface area contributed by atoms with Crippen molar-refractivity contribution in [2.45, 2.75) is 13.0 Å². The Morgan fingerprint density at radius 3 is 2.80 bits per heavy atom. The molecule has 6 nitrogen and oxygen atoms in total. The van der Waals surface area contributed by atoms with Crippen molar-refractivity contribution < 1.29 is 0 Å². The third kappa shape index (κ3) is 1.75. The van der Waals surface area contributed by atoms with Crippen LogP contribution in [0.2, 0.25) is 0 Å². The Morgan fingerprint density at radius 1 is 1.53 bits per heavy atom. The van der Waals surface area contributed by atoms with E-state index in [-0.39, 0.29) is 6.04 Å². The molecule has 1 unspecified atom stereocenters. The van der Waals surface area contributed by atoms with Gasteiger partial charge >= 0.3 is 0 Å². The minimum atomic E-state index is 0.0602. The van der Waals surface area contributed by atoms with Crippen LogP contribution in [0.1, 0.15) is 22.3 Å². The lowest BCUT2D eigenvalue weighted by Gasteiger charge is -2.13. The van der Waals surface area contributed by atoms with Crippen LogP contribution in [-0.4, -0.2) is 31.6 Å². The number of nitrogens with one attached hydrogen (secondary N) is 1. The molecule has 1 N–H and O–H groups in total. The van der Waals surface area contributed by atoms with E-state index >= 15 is 0 Å². The van der Waals surface area contributed by atoms with Gasteiger partial charge in [0.2, 0.25) is 0 Å². The molecule has 15 heavy (non-hydrogen) atoms. The fourth-order valence-electron chi connectivity index (χ4n) is 1.47. The van der Waals surface area contributed by atoms with Gasteiger partial charge in [-0.05, 0) is 25.5 Å². The number of rotatable bonds is 3. The van der Waals surface area contributed by atoms with E-state index in [1.165, 1.54) is 11.5 Å². The third-order valence-electron chi connectivity index (χ3n) is 2.28. The molecule has 0 aromatic carbocycles. The molecule has 2 heterocycles. The van der Waals surface area contributed by atoms with Crippen LogP contribution < -0.4 is 5.32 Å². The zero-order valence-electron chi connectivity index (χ0n) is 8.80. The van der Waals surface area contributed by atoms with Crippen LogP contribution >= 0.6 is 11.5 Å². The van der Waals surface area contributed by atoms with Crippen LogP contribution in [0.3, 0.4) is 0 Å². The molecule has 0 aliphatic rings. The zero-order valence-corrected chi connectivity index (χ0v) is 9.62. The highest BCUT2D eigenvalue weighted by Crippen LogP contribution is 2.24. The Kier molecular flexibility index (Phi) is 2.74. The summed E-state index contributed by atoms with van der Waals surface area (Å²) in [6, 6.07) is 0.0602. The zero-order chi connectivity index (χ0) is 10.8. The van der Waals surface area contributed by atoms with Gasteiger partial charge in [-0.3, -0.25) is 4.68 Å². The molecule has 2 aromatic rings. The average molecular weight is 224 g/mol. The molecule has 7 heteroatoms. The smallest absolute Gasteiger partial charge is 0.0891 e. The summed E-state index contributed by atoms with van der Waals surface area (Å²) in [5.41, 5.74) is 1.95. The second-order valence-corrected chi connectivity index (χ2v) is 4.01. The highest BCUT2D eigenvalue weighted by Gasteiger charge is 2.20. The SMILES string of the molecule is CNC(c1snnc1C)c1cnnn1C. The van der Waals surface area contributed by atoms with Crippen molar-refractivity contribution >= 4 is 11.5 Å². The van der Waals surface area contributed by atoms with Crippen molar-refractivity contribution in [2.75, 3.05) is 7.05 Å². The maximum Gasteiger partial charge on any atom is 0.0891 e. The molecule has 1 atom stereocenters. The Morgan fingerprint density at radius 2 is 2.33 bits per heavy atom. The Bertz CT molecular complexity index is 407. The predicted octanol–water partition coefficient (Wildman–Crippen LogP) is 0.284. The molecular formula is C8H12N6S. The van der Waals surface area contributed by atoms with E-state index in [1.54, 1.807) is 10.9 Å². The van der Waals surface area contributed by atoms with Crippen LogP contribution in [0.4, 0.5) is 0 Å². The maximum atomic E-state index is 4.00. The second-order valence-electron chi connectivity index (χ2n) is 3.23. The van der Waals surface area contributed by atoms with E-state index in [1.807, 2.05) is 21.0 Å².